The Morgan fingerprint density at radius 1 is 1.33 bits per heavy atom. The number of carbonyl (C=O) groups is 1. The molecule has 2 unspecified atom stereocenters. The summed E-state index contributed by atoms with van der Waals surface area (Å²) in [5.74, 6) is 0.0841. The first kappa shape index (κ1) is 13.6. The predicted molar refractivity (Wildman–Crippen MR) is 76.4 cm³/mol. The second-order valence-electron chi connectivity index (χ2n) is 5.35. The van der Waals surface area contributed by atoms with Crippen molar-refractivity contribution < 1.29 is 4.79 Å². The van der Waals surface area contributed by atoms with Gasteiger partial charge in [0.2, 0.25) is 5.91 Å². The van der Waals surface area contributed by atoms with Crippen molar-refractivity contribution in [3.63, 3.8) is 0 Å². The zero-order valence-corrected chi connectivity index (χ0v) is 12.1. The predicted octanol–water partition coefficient (Wildman–Crippen LogP) is 1.40. The highest BCUT2D eigenvalue weighted by Crippen LogP contribution is 2.34. The summed E-state index contributed by atoms with van der Waals surface area (Å²) >= 11 is 5.48. The molecular formula is C13H23N3OS. The van der Waals surface area contributed by atoms with Gasteiger partial charge in [-0.1, -0.05) is 0 Å². The average molecular weight is 269 g/mol. The Hall–Kier alpha value is -0.840. The standard InChI is InChI=1S/C13H23N3OS/c1-3-14-13(18)16-11-5-4-6-12(16)8-10(7-11)15-9(2)17/h10-12H,3-8H2,1-2H3,(H,14,18)(H,15,17). The summed E-state index contributed by atoms with van der Waals surface area (Å²) in [6, 6.07) is 1.33. The molecule has 2 bridgehead atoms. The lowest BCUT2D eigenvalue weighted by atomic mass is 9.82. The molecule has 4 nitrogen and oxygen atoms in total. The van der Waals surface area contributed by atoms with Crippen LogP contribution < -0.4 is 10.6 Å². The van der Waals surface area contributed by atoms with Crippen LogP contribution in [0, 0.1) is 0 Å². The quantitative estimate of drug-likeness (QED) is 0.744. The fourth-order valence-corrected chi connectivity index (χ4v) is 3.80. The van der Waals surface area contributed by atoms with E-state index in [0.717, 1.165) is 24.5 Å². The third-order valence-corrected chi connectivity index (χ3v) is 4.30. The van der Waals surface area contributed by atoms with Crippen LogP contribution in [-0.2, 0) is 4.79 Å². The molecule has 102 valence electrons. The topological polar surface area (TPSA) is 44.4 Å². The van der Waals surface area contributed by atoms with E-state index < -0.39 is 0 Å². The fraction of sp³-hybridized carbons (Fsp3) is 0.846. The first-order valence-corrected chi connectivity index (χ1v) is 7.36. The van der Waals surface area contributed by atoms with E-state index in [9.17, 15) is 4.79 Å². The molecule has 5 heteroatoms. The number of amides is 1. The number of nitrogens with one attached hydrogen (secondary N) is 2. The summed E-state index contributed by atoms with van der Waals surface area (Å²) in [6.07, 6.45) is 5.73. The van der Waals surface area contributed by atoms with Gasteiger partial charge in [0, 0.05) is 31.6 Å². The van der Waals surface area contributed by atoms with Crippen LogP contribution in [0.5, 0.6) is 0 Å². The highest BCUT2D eigenvalue weighted by atomic mass is 32.1. The summed E-state index contributed by atoms with van der Waals surface area (Å²) < 4.78 is 0. The highest BCUT2D eigenvalue weighted by Gasteiger charge is 2.39. The van der Waals surface area contributed by atoms with Crippen molar-refractivity contribution in [2.45, 2.75) is 64.1 Å². The number of rotatable bonds is 2. The summed E-state index contributed by atoms with van der Waals surface area (Å²) in [7, 11) is 0. The van der Waals surface area contributed by atoms with Crippen molar-refractivity contribution in [3.8, 4) is 0 Å². The lowest BCUT2D eigenvalue weighted by Gasteiger charge is -2.50. The normalized spacial score (nSPS) is 30.8. The zero-order valence-electron chi connectivity index (χ0n) is 11.2. The number of nitrogens with zero attached hydrogens (tertiary/aromatic N) is 1. The van der Waals surface area contributed by atoms with Crippen molar-refractivity contribution >= 4 is 23.2 Å². The molecule has 18 heavy (non-hydrogen) atoms. The van der Waals surface area contributed by atoms with Gasteiger partial charge in [0.1, 0.15) is 0 Å². The molecule has 1 amide bonds. The number of thiocarbonyl (C=S) groups is 1. The molecular weight excluding hydrogens is 246 g/mol. The molecule has 0 spiro atoms. The maximum absolute atomic E-state index is 11.2. The van der Waals surface area contributed by atoms with E-state index in [4.69, 9.17) is 12.2 Å². The van der Waals surface area contributed by atoms with E-state index in [2.05, 4.69) is 22.5 Å². The molecule has 2 saturated heterocycles. The summed E-state index contributed by atoms with van der Waals surface area (Å²) in [5, 5.41) is 7.24. The lowest BCUT2D eigenvalue weighted by molar-refractivity contribution is -0.120. The minimum Gasteiger partial charge on any atom is -0.363 e. The number of hydrogen-bond donors (Lipinski definition) is 2. The van der Waals surface area contributed by atoms with Crippen LogP contribution in [0.1, 0.15) is 46.0 Å². The van der Waals surface area contributed by atoms with Gasteiger partial charge in [-0.3, -0.25) is 4.79 Å². The van der Waals surface area contributed by atoms with Gasteiger partial charge < -0.3 is 15.5 Å². The fourth-order valence-electron chi connectivity index (χ4n) is 3.36. The second-order valence-corrected chi connectivity index (χ2v) is 5.74. The molecule has 2 N–H and O–H groups in total. The summed E-state index contributed by atoms with van der Waals surface area (Å²) in [5.41, 5.74) is 0. The highest BCUT2D eigenvalue weighted by molar-refractivity contribution is 7.80. The molecule has 0 aromatic rings. The lowest BCUT2D eigenvalue weighted by Crippen LogP contribution is -2.60. The molecule has 2 aliphatic heterocycles. The van der Waals surface area contributed by atoms with Gasteiger partial charge in [0.05, 0.1) is 0 Å². The number of hydrogen-bond acceptors (Lipinski definition) is 2. The van der Waals surface area contributed by atoms with Gasteiger partial charge in [0.25, 0.3) is 0 Å². The molecule has 0 aromatic heterocycles. The van der Waals surface area contributed by atoms with E-state index in [-0.39, 0.29) is 5.91 Å². The number of piperidine rings is 2. The van der Waals surface area contributed by atoms with Crippen LogP contribution in [0.4, 0.5) is 0 Å². The Bertz CT molecular complexity index is 320. The minimum absolute atomic E-state index is 0.0841. The molecule has 0 aliphatic carbocycles. The van der Waals surface area contributed by atoms with Gasteiger partial charge in [-0.2, -0.15) is 0 Å². The molecule has 2 atom stereocenters. The van der Waals surface area contributed by atoms with Crippen LogP contribution in [0.2, 0.25) is 0 Å². The minimum atomic E-state index is 0.0841. The van der Waals surface area contributed by atoms with Gasteiger partial charge in [-0.25, -0.2) is 0 Å². The molecule has 2 heterocycles. The van der Waals surface area contributed by atoms with Crippen molar-refractivity contribution in [3.05, 3.63) is 0 Å². The van der Waals surface area contributed by atoms with E-state index >= 15 is 0 Å². The smallest absolute Gasteiger partial charge is 0.217 e. The summed E-state index contributed by atoms with van der Waals surface area (Å²) in [4.78, 5) is 13.6. The Labute approximate surface area is 114 Å². The summed E-state index contributed by atoms with van der Waals surface area (Å²) in [6.45, 7) is 4.56. The van der Waals surface area contributed by atoms with Gasteiger partial charge in [-0.05, 0) is 51.2 Å². The Morgan fingerprint density at radius 3 is 2.44 bits per heavy atom. The molecule has 2 rings (SSSR count). The molecule has 0 aromatic carbocycles. The van der Waals surface area contributed by atoms with Gasteiger partial charge in [-0.15, -0.1) is 0 Å². The van der Waals surface area contributed by atoms with Crippen molar-refractivity contribution in [1.82, 2.24) is 15.5 Å². The van der Waals surface area contributed by atoms with Gasteiger partial charge >= 0.3 is 0 Å². The van der Waals surface area contributed by atoms with Crippen molar-refractivity contribution in [2.75, 3.05) is 6.54 Å². The first-order chi connectivity index (χ1) is 8.61. The monoisotopic (exact) mass is 269 g/mol. The number of fused-ring (bicyclic) bond motifs is 2. The maximum Gasteiger partial charge on any atom is 0.217 e. The third-order valence-electron chi connectivity index (χ3n) is 3.94. The SMILES string of the molecule is CCNC(=S)N1C2CCCC1CC(NC(C)=O)C2. The average Bonchev–Trinajstić information content (AvgIpc) is 2.27. The van der Waals surface area contributed by atoms with Crippen LogP contribution in [0.3, 0.4) is 0 Å². The maximum atomic E-state index is 11.2. The molecule has 2 aliphatic rings. The van der Waals surface area contributed by atoms with E-state index in [1.165, 1.54) is 19.3 Å². The largest absolute Gasteiger partial charge is 0.363 e. The van der Waals surface area contributed by atoms with Crippen LogP contribution in [0.25, 0.3) is 0 Å². The molecule has 0 saturated carbocycles. The van der Waals surface area contributed by atoms with Crippen molar-refractivity contribution in [1.29, 1.82) is 0 Å². The van der Waals surface area contributed by atoms with E-state index in [1.807, 2.05) is 0 Å². The van der Waals surface area contributed by atoms with Crippen LogP contribution in [-0.4, -0.2) is 40.6 Å². The van der Waals surface area contributed by atoms with Crippen molar-refractivity contribution in [2.24, 2.45) is 0 Å². The van der Waals surface area contributed by atoms with Crippen LogP contribution in [0.15, 0.2) is 0 Å². The Morgan fingerprint density at radius 2 is 1.94 bits per heavy atom. The Balaban J connectivity index is 2.03. The van der Waals surface area contributed by atoms with Gasteiger partial charge in [0.15, 0.2) is 5.11 Å². The van der Waals surface area contributed by atoms with Crippen LogP contribution >= 0.6 is 12.2 Å². The first-order valence-electron chi connectivity index (χ1n) is 6.95. The third kappa shape index (κ3) is 2.94. The van der Waals surface area contributed by atoms with E-state index in [1.54, 1.807) is 6.92 Å². The second kappa shape index (κ2) is 5.87. The Kier molecular flexibility index (Phi) is 4.43. The molecule has 2 fully saturated rings. The number of carbonyl (C=O) groups excluding carboxylic acids is 1. The zero-order chi connectivity index (χ0) is 13.1. The molecule has 0 radical (unpaired) electrons. The van der Waals surface area contributed by atoms with E-state index in [0.29, 0.717) is 18.1 Å².